The van der Waals surface area contributed by atoms with E-state index in [1.807, 2.05) is 24.3 Å². The SMILES string of the molecule is CN=C(NCCSc1ccccc1F)NC1CCOc2ccccc21. The number of hydrogen-bond acceptors (Lipinski definition) is 3. The number of benzene rings is 2. The van der Waals surface area contributed by atoms with Gasteiger partial charge in [0.1, 0.15) is 11.6 Å². The lowest BCUT2D eigenvalue weighted by molar-refractivity contribution is 0.261. The van der Waals surface area contributed by atoms with Crippen LogP contribution < -0.4 is 15.4 Å². The van der Waals surface area contributed by atoms with Crippen LogP contribution in [-0.4, -0.2) is 31.9 Å². The zero-order valence-corrected chi connectivity index (χ0v) is 15.0. The summed E-state index contributed by atoms with van der Waals surface area (Å²) in [6.07, 6.45) is 0.891. The molecule has 2 N–H and O–H groups in total. The summed E-state index contributed by atoms with van der Waals surface area (Å²) in [5, 5.41) is 6.74. The molecule has 1 atom stereocenters. The van der Waals surface area contributed by atoms with Crippen LogP contribution in [0.4, 0.5) is 4.39 Å². The molecule has 1 aliphatic heterocycles. The molecule has 0 fully saturated rings. The molecule has 0 saturated heterocycles. The third kappa shape index (κ3) is 4.66. The quantitative estimate of drug-likeness (QED) is 0.371. The van der Waals surface area contributed by atoms with Crippen LogP contribution in [0.5, 0.6) is 5.75 Å². The maximum atomic E-state index is 13.6. The van der Waals surface area contributed by atoms with Crippen LogP contribution >= 0.6 is 11.8 Å². The minimum atomic E-state index is -0.172. The second-order valence-electron chi connectivity index (χ2n) is 5.65. The number of para-hydroxylation sites is 1. The number of halogens is 1. The number of fused-ring (bicyclic) bond motifs is 1. The monoisotopic (exact) mass is 359 g/mol. The molecule has 4 nitrogen and oxygen atoms in total. The summed E-state index contributed by atoms with van der Waals surface area (Å²) in [6, 6.07) is 15.1. The van der Waals surface area contributed by atoms with Crippen LogP contribution in [0.1, 0.15) is 18.0 Å². The predicted molar refractivity (Wildman–Crippen MR) is 101 cm³/mol. The Hall–Kier alpha value is -2.21. The van der Waals surface area contributed by atoms with Crippen LogP contribution in [0.3, 0.4) is 0 Å². The first-order chi connectivity index (χ1) is 12.3. The van der Waals surface area contributed by atoms with Gasteiger partial charge in [-0.05, 0) is 18.2 Å². The first kappa shape index (κ1) is 17.6. The van der Waals surface area contributed by atoms with Crippen molar-refractivity contribution >= 4 is 17.7 Å². The molecule has 25 heavy (non-hydrogen) atoms. The number of aliphatic imine (C=N–C) groups is 1. The lowest BCUT2D eigenvalue weighted by atomic mass is 10.0. The molecule has 0 aliphatic carbocycles. The molecule has 0 aromatic heterocycles. The van der Waals surface area contributed by atoms with E-state index in [1.54, 1.807) is 19.2 Å². The summed E-state index contributed by atoms with van der Waals surface area (Å²) in [5.74, 6) is 2.26. The minimum Gasteiger partial charge on any atom is -0.493 e. The molecule has 0 spiro atoms. The summed E-state index contributed by atoms with van der Waals surface area (Å²) < 4.78 is 19.3. The van der Waals surface area contributed by atoms with Gasteiger partial charge in [-0.25, -0.2) is 4.39 Å². The zero-order valence-electron chi connectivity index (χ0n) is 14.2. The van der Waals surface area contributed by atoms with Crippen LogP contribution in [0.2, 0.25) is 0 Å². The Morgan fingerprint density at radius 3 is 2.88 bits per heavy atom. The fourth-order valence-corrected chi connectivity index (χ4v) is 3.55. The Labute approximate surface area is 151 Å². The van der Waals surface area contributed by atoms with Gasteiger partial charge >= 0.3 is 0 Å². The summed E-state index contributed by atoms with van der Waals surface area (Å²) in [7, 11) is 1.75. The highest BCUT2D eigenvalue weighted by atomic mass is 32.2. The summed E-state index contributed by atoms with van der Waals surface area (Å²) in [4.78, 5) is 4.96. The van der Waals surface area contributed by atoms with Crippen molar-refractivity contribution in [2.75, 3.05) is 26.0 Å². The van der Waals surface area contributed by atoms with Gasteiger partial charge in [0.25, 0.3) is 0 Å². The second kappa shape index (κ2) is 8.76. The normalized spacial score (nSPS) is 16.7. The third-order valence-electron chi connectivity index (χ3n) is 3.98. The fourth-order valence-electron chi connectivity index (χ4n) is 2.74. The Morgan fingerprint density at radius 1 is 1.24 bits per heavy atom. The average Bonchev–Trinajstić information content (AvgIpc) is 2.65. The van der Waals surface area contributed by atoms with E-state index in [9.17, 15) is 4.39 Å². The molecule has 2 aromatic rings. The highest BCUT2D eigenvalue weighted by Gasteiger charge is 2.21. The van der Waals surface area contributed by atoms with Gasteiger partial charge in [0.05, 0.1) is 12.6 Å². The number of ether oxygens (including phenoxy) is 1. The topological polar surface area (TPSA) is 45.7 Å². The van der Waals surface area contributed by atoms with E-state index in [1.165, 1.54) is 17.8 Å². The molecule has 6 heteroatoms. The molecule has 2 aromatic carbocycles. The van der Waals surface area contributed by atoms with Gasteiger partial charge in [0, 0.05) is 36.2 Å². The smallest absolute Gasteiger partial charge is 0.191 e. The van der Waals surface area contributed by atoms with Gasteiger partial charge < -0.3 is 15.4 Å². The second-order valence-corrected chi connectivity index (χ2v) is 6.79. The number of guanidine groups is 1. The van der Waals surface area contributed by atoms with Crippen LogP contribution in [0, 0.1) is 5.82 Å². The highest BCUT2D eigenvalue weighted by Crippen LogP contribution is 2.31. The van der Waals surface area contributed by atoms with Gasteiger partial charge in [-0.2, -0.15) is 0 Å². The van der Waals surface area contributed by atoms with Crippen LogP contribution in [0.15, 0.2) is 58.4 Å². The Morgan fingerprint density at radius 2 is 2.04 bits per heavy atom. The Balaban J connectivity index is 1.50. The van der Waals surface area contributed by atoms with Crippen LogP contribution in [-0.2, 0) is 0 Å². The lowest BCUT2D eigenvalue weighted by Gasteiger charge is -2.28. The van der Waals surface area contributed by atoms with Crippen molar-refractivity contribution in [3.63, 3.8) is 0 Å². The average molecular weight is 359 g/mol. The standard InChI is InChI=1S/C19H22FN3OS/c1-21-19(22-11-13-25-18-9-5-3-7-15(18)20)23-16-10-12-24-17-8-4-2-6-14(16)17/h2-9,16H,10-13H2,1H3,(H2,21,22,23). The zero-order chi connectivity index (χ0) is 17.5. The van der Waals surface area contributed by atoms with Crippen molar-refractivity contribution in [1.82, 2.24) is 10.6 Å². The summed E-state index contributed by atoms with van der Waals surface area (Å²) in [5.41, 5.74) is 1.15. The summed E-state index contributed by atoms with van der Waals surface area (Å²) in [6.45, 7) is 1.39. The van der Waals surface area contributed by atoms with E-state index in [2.05, 4.69) is 21.7 Å². The minimum absolute atomic E-state index is 0.172. The molecule has 0 bridgehead atoms. The van der Waals surface area contributed by atoms with Gasteiger partial charge in [0.15, 0.2) is 5.96 Å². The van der Waals surface area contributed by atoms with Gasteiger partial charge in [0.2, 0.25) is 0 Å². The van der Waals surface area contributed by atoms with Crippen LogP contribution in [0.25, 0.3) is 0 Å². The lowest BCUT2D eigenvalue weighted by Crippen LogP contribution is -2.41. The fraction of sp³-hybridized carbons (Fsp3) is 0.316. The highest BCUT2D eigenvalue weighted by molar-refractivity contribution is 7.99. The van der Waals surface area contributed by atoms with Crippen molar-refractivity contribution < 1.29 is 9.13 Å². The van der Waals surface area contributed by atoms with E-state index < -0.39 is 0 Å². The summed E-state index contributed by atoms with van der Waals surface area (Å²) >= 11 is 1.49. The maximum absolute atomic E-state index is 13.6. The van der Waals surface area contributed by atoms with E-state index in [0.717, 1.165) is 29.4 Å². The largest absolute Gasteiger partial charge is 0.493 e. The molecule has 0 saturated carbocycles. The van der Waals surface area contributed by atoms with Gasteiger partial charge in [-0.15, -0.1) is 11.8 Å². The molecular formula is C19H22FN3OS. The number of nitrogens with zero attached hydrogens (tertiary/aromatic N) is 1. The predicted octanol–water partition coefficient (Wildman–Crippen LogP) is 3.61. The molecule has 1 aliphatic rings. The number of hydrogen-bond donors (Lipinski definition) is 2. The van der Waals surface area contributed by atoms with Crippen molar-refractivity contribution in [2.45, 2.75) is 17.4 Å². The van der Waals surface area contributed by atoms with Gasteiger partial charge in [-0.3, -0.25) is 4.99 Å². The van der Waals surface area contributed by atoms with Crippen molar-refractivity contribution in [2.24, 2.45) is 4.99 Å². The van der Waals surface area contributed by atoms with Crippen molar-refractivity contribution in [3.05, 3.63) is 59.9 Å². The molecule has 1 heterocycles. The van der Waals surface area contributed by atoms with Gasteiger partial charge in [-0.1, -0.05) is 30.3 Å². The third-order valence-corrected chi connectivity index (χ3v) is 5.03. The van der Waals surface area contributed by atoms with E-state index in [0.29, 0.717) is 18.0 Å². The molecule has 3 rings (SSSR count). The number of rotatable bonds is 5. The first-order valence-corrected chi connectivity index (χ1v) is 9.32. The van der Waals surface area contributed by atoms with E-state index in [-0.39, 0.29) is 11.9 Å². The maximum Gasteiger partial charge on any atom is 0.191 e. The van der Waals surface area contributed by atoms with E-state index >= 15 is 0 Å². The molecule has 0 radical (unpaired) electrons. The Kier molecular flexibility index (Phi) is 6.17. The van der Waals surface area contributed by atoms with E-state index in [4.69, 9.17) is 4.74 Å². The van der Waals surface area contributed by atoms with Crippen molar-refractivity contribution in [1.29, 1.82) is 0 Å². The molecule has 1 unspecified atom stereocenters. The van der Waals surface area contributed by atoms with Crippen molar-refractivity contribution in [3.8, 4) is 5.75 Å². The molecular weight excluding hydrogens is 337 g/mol. The Bertz CT molecular complexity index is 738. The molecule has 132 valence electrons. The first-order valence-electron chi connectivity index (χ1n) is 8.34. The molecule has 0 amide bonds. The number of nitrogens with one attached hydrogen (secondary N) is 2. The number of thioether (sulfide) groups is 1.